The summed E-state index contributed by atoms with van der Waals surface area (Å²) < 4.78 is 12.3. The molecule has 4 heteroatoms. The van der Waals surface area contributed by atoms with Crippen molar-refractivity contribution in [3.8, 4) is 11.5 Å². The maximum atomic E-state index is 5.69. The number of halogens is 1. The second kappa shape index (κ2) is 7.92. The van der Waals surface area contributed by atoms with Gasteiger partial charge in [0.25, 0.3) is 0 Å². The monoisotopic (exact) mass is 335 g/mol. The van der Waals surface area contributed by atoms with Gasteiger partial charge in [-0.3, -0.25) is 0 Å². The smallest absolute Gasteiger partial charge is 0.133 e. The average molecular weight is 336 g/mol. The summed E-state index contributed by atoms with van der Waals surface area (Å²) in [5.74, 6) is 1.70. The topological polar surface area (TPSA) is 30.5 Å². The maximum Gasteiger partial charge on any atom is 0.133 e. The number of ether oxygens (including phenoxy) is 2. The first-order valence-corrected chi connectivity index (χ1v) is 7.32. The lowest BCUT2D eigenvalue weighted by molar-refractivity contribution is 0.216. The van der Waals surface area contributed by atoms with Crippen molar-refractivity contribution in [2.45, 2.75) is 6.54 Å². The van der Waals surface area contributed by atoms with Crippen molar-refractivity contribution in [2.75, 3.05) is 20.3 Å². The van der Waals surface area contributed by atoms with E-state index < -0.39 is 0 Å². The van der Waals surface area contributed by atoms with E-state index in [0.717, 1.165) is 22.5 Å². The average Bonchev–Trinajstić information content (AvgIpc) is 2.46. The third kappa shape index (κ3) is 4.54. The van der Waals surface area contributed by atoms with Gasteiger partial charge in [0.05, 0.1) is 4.47 Å². The fourth-order valence-electron chi connectivity index (χ4n) is 1.82. The van der Waals surface area contributed by atoms with Crippen molar-refractivity contribution >= 4 is 15.9 Å². The fourth-order valence-corrected chi connectivity index (χ4v) is 2.22. The van der Waals surface area contributed by atoms with Crippen molar-refractivity contribution in [3.05, 3.63) is 58.6 Å². The summed E-state index contributed by atoms with van der Waals surface area (Å²) in [5.41, 5.74) is 1.21. The van der Waals surface area contributed by atoms with Crippen molar-refractivity contribution in [1.82, 2.24) is 5.32 Å². The van der Waals surface area contributed by atoms with Gasteiger partial charge in [0.1, 0.15) is 24.7 Å². The number of nitrogens with one attached hydrogen (secondary N) is 1. The first kappa shape index (κ1) is 14.9. The molecule has 0 aromatic heterocycles. The SMILES string of the molecule is CNCc1cccc(OCCOc2ccccc2Br)c1. The molecule has 0 amide bonds. The molecule has 0 radical (unpaired) electrons. The molecule has 0 spiro atoms. The van der Waals surface area contributed by atoms with E-state index in [2.05, 4.69) is 27.3 Å². The highest BCUT2D eigenvalue weighted by molar-refractivity contribution is 9.10. The van der Waals surface area contributed by atoms with Gasteiger partial charge in [0.15, 0.2) is 0 Å². The zero-order valence-electron chi connectivity index (χ0n) is 11.4. The molecule has 0 aliphatic rings. The van der Waals surface area contributed by atoms with Crippen molar-refractivity contribution in [1.29, 1.82) is 0 Å². The number of rotatable bonds is 7. The van der Waals surface area contributed by atoms with Crippen LogP contribution < -0.4 is 14.8 Å². The normalized spacial score (nSPS) is 10.3. The molecule has 0 unspecified atom stereocenters. The number of hydrogen-bond donors (Lipinski definition) is 1. The van der Waals surface area contributed by atoms with Crippen LogP contribution in [-0.2, 0) is 6.54 Å². The third-order valence-electron chi connectivity index (χ3n) is 2.73. The molecule has 2 aromatic rings. The van der Waals surface area contributed by atoms with Gasteiger partial charge in [-0.2, -0.15) is 0 Å². The molecule has 0 fully saturated rings. The Morgan fingerprint density at radius 3 is 2.60 bits per heavy atom. The van der Waals surface area contributed by atoms with Crippen LogP contribution in [0.3, 0.4) is 0 Å². The van der Waals surface area contributed by atoms with Crippen LogP contribution >= 0.6 is 15.9 Å². The van der Waals surface area contributed by atoms with Crippen LogP contribution in [0, 0.1) is 0 Å². The molecule has 0 saturated carbocycles. The Labute approximate surface area is 128 Å². The Hall–Kier alpha value is -1.52. The second-order valence-corrected chi connectivity index (χ2v) is 5.16. The number of hydrogen-bond acceptors (Lipinski definition) is 3. The first-order valence-electron chi connectivity index (χ1n) is 6.53. The Morgan fingerprint density at radius 1 is 1.00 bits per heavy atom. The molecular formula is C16H18BrNO2. The van der Waals surface area contributed by atoms with Gasteiger partial charge in [-0.15, -0.1) is 0 Å². The molecule has 2 aromatic carbocycles. The van der Waals surface area contributed by atoms with Gasteiger partial charge in [0, 0.05) is 6.54 Å². The summed E-state index contributed by atoms with van der Waals surface area (Å²) >= 11 is 3.45. The molecule has 0 heterocycles. The lowest BCUT2D eigenvalue weighted by atomic mass is 10.2. The molecule has 0 bridgehead atoms. The fraction of sp³-hybridized carbons (Fsp3) is 0.250. The number of para-hydroxylation sites is 1. The summed E-state index contributed by atoms with van der Waals surface area (Å²) in [4.78, 5) is 0. The van der Waals surface area contributed by atoms with E-state index in [1.165, 1.54) is 5.56 Å². The molecule has 106 valence electrons. The lowest BCUT2D eigenvalue weighted by Gasteiger charge is -2.10. The molecular weight excluding hydrogens is 318 g/mol. The number of benzene rings is 2. The molecule has 3 nitrogen and oxygen atoms in total. The highest BCUT2D eigenvalue weighted by atomic mass is 79.9. The quantitative estimate of drug-likeness (QED) is 0.784. The molecule has 1 N–H and O–H groups in total. The first-order chi connectivity index (χ1) is 9.79. The van der Waals surface area contributed by atoms with Crippen molar-refractivity contribution in [3.63, 3.8) is 0 Å². The largest absolute Gasteiger partial charge is 0.490 e. The van der Waals surface area contributed by atoms with Crippen molar-refractivity contribution in [2.24, 2.45) is 0 Å². The van der Waals surface area contributed by atoms with Gasteiger partial charge in [-0.05, 0) is 52.8 Å². The highest BCUT2D eigenvalue weighted by Crippen LogP contribution is 2.23. The maximum absolute atomic E-state index is 5.69. The van der Waals surface area contributed by atoms with Crippen LogP contribution in [0.5, 0.6) is 11.5 Å². The Bertz CT molecular complexity index is 546. The molecule has 2 rings (SSSR count). The summed E-state index contributed by atoms with van der Waals surface area (Å²) in [6.07, 6.45) is 0. The Kier molecular flexibility index (Phi) is 5.89. The van der Waals surface area contributed by atoms with Crippen LogP contribution in [0.2, 0.25) is 0 Å². The van der Waals surface area contributed by atoms with Gasteiger partial charge >= 0.3 is 0 Å². The second-order valence-electron chi connectivity index (χ2n) is 4.31. The van der Waals surface area contributed by atoms with Crippen LogP contribution in [-0.4, -0.2) is 20.3 Å². The van der Waals surface area contributed by atoms with Gasteiger partial charge in [0.2, 0.25) is 0 Å². The predicted molar refractivity (Wildman–Crippen MR) is 84.3 cm³/mol. The van der Waals surface area contributed by atoms with Crippen LogP contribution in [0.4, 0.5) is 0 Å². The van der Waals surface area contributed by atoms with E-state index in [4.69, 9.17) is 9.47 Å². The minimum Gasteiger partial charge on any atom is -0.490 e. The minimum atomic E-state index is 0.513. The lowest BCUT2D eigenvalue weighted by Crippen LogP contribution is -2.10. The van der Waals surface area contributed by atoms with Crippen LogP contribution in [0.1, 0.15) is 5.56 Å². The minimum absolute atomic E-state index is 0.513. The van der Waals surface area contributed by atoms with Gasteiger partial charge < -0.3 is 14.8 Å². The Balaban J connectivity index is 1.78. The summed E-state index contributed by atoms with van der Waals surface area (Å²) in [7, 11) is 1.93. The van der Waals surface area contributed by atoms with Gasteiger partial charge in [-0.25, -0.2) is 0 Å². The van der Waals surface area contributed by atoms with E-state index in [-0.39, 0.29) is 0 Å². The van der Waals surface area contributed by atoms with Crippen molar-refractivity contribution < 1.29 is 9.47 Å². The predicted octanol–water partition coefficient (Wildman–Crippen LogP) is 3.63. The van der Waals surface area contributed by atoms with E-state index in [0.29, 0.717) is 13.2 Å². The zero-order valence-corrected chi connectivity index (χ0v) is 13.0. The van der Waals surface area contributed by atoms with Gasteiger partial charge in [-0.1, -0.05) is 24.3 Å². The molecule has 0 atom stereocenters. The Morgan fingerprint density at radius 2 is 1.80 bits per heavy atom. The molecule has 0 aliphatic heterocycles. The van der Waals surface area contributed by atoms with Crippen LogP contribution in [0.15, 0.2) is 53.0 Å². The van der Waals surface area contributed by atoms with Crippen LogP contribution in [0.25, 0.3) is 0 Å². The van der Waals surface area contributed by atoms with E-state index >= 15 is 0 Å². The standard InChI is InChI=1S/C16H18BrNO2/c1-18-12-13-5-4-6-14(11-13)19-9-10-20-16-8-3-2-7-15(16)17/h2-8,11,18H,9-10,12H2,1H3. The molecule has 0 saturated heterocycles. The van der Waals surface area contributed by atoms with E-state index in [9.17, 15) is 0 Å². The highest BCUT2D eigenvalue weighted by Gasteiger charge is 2.00. The molecule has 0 aliphatic carbocycles. The summed E-state index contributed by atoms with van der Waals surface area (Å²) in [6.45, 7) is 1.87. The zero-order chi connectivity index (χ0) is 14.2. The molecule has 20 heavy (non-hydrogen) atoms. The van der Waals surface area contributed by atoms with E-state index in [1.54, 1.807) is 0 Å². The summed E-state index contributed by atoms with van der Waals surface area (Å²) in [6, 6.07) is 15.8. The summed E-state index contributed by atoms with van der Waals surface area (Å²) in [5, 5.41) is 3.12. The third-order valence-corrected chi connectivity index (χ3v) is 3.38. The van der Waals surface area contributed by atoms with E-state index in [1.807, 2.05) is 49.5 Å².